The Morgan fingerprint density at radius 2 is 1.88 bits per heavy atom. The Hall–Kier alpha value is -2.43. The molecule has 0 bridgehead atoms. The molecule has 1 saturated carbocycles. The largest absolute Gasteiger partial charge is 0.326 e. The summed E-state index contributed by atoms with van der Waals surface area (Å²) in [6.07, 6.45) is 10.0. The van der Waals surface area contributed by atoms with Gasteiger partial charge in [-0.05, 0) is 38.0 Å². The Morgan fingerprint density at radius 3 is 2.54 bits per heavy atom. The van der Waals surface area contributed by atoms with Gasteiger partial charge in [0.1, 0.15) is 5.82 Å². The molecule has 0 radical (unpaired) electrons. The highest BCUT2D eigenvalue weighted by molar-refractivity contribution is 5.94. The standard InChI is InChI=1S/C19H22N4O/c1-2-22-16-7-3-4-8-17(16)23(19(22)24)18-10-9-15(13-21-18)14-6-5-11-20-12-14/h5-6,9-13,16-17H,2-4,7-8H2,1H3. The van der Waals surface area contributed by atoms with Crippen LogP contribution >= 0.6 is 0 Å². The molecule has 0 N–H and O–H groups in total. The number of urea groups is 1. The molecule has 5 heteroatoms. The van der Waals surface area contributed by atoms with Crippen molar-refractivity contribution in [3.8, 4) is 11.1 Å². The van der Waals surface area contributed by atoms with Crippen LogP contribution in [0.1, 0.15) is 32.6 Å². The van der Waals surface area contributed by atoms with Gasteiger partial charge in [0.05, 0.1) is 12.1 Å². The minimum atomic E-state index is 0.107. The van der Waals surface area contributed by atoms with E-state index in [9.17, 15) is 4.79 Å². The maximum atomic E-state index is 12.9. The lowest BCUT2D eigenvalue weighted by atomic mass is 9.90. The van der Waals surface area contributed by atoms with Gasteiger partial charge in [0, 0.05) is 36.3 Å². The number of pyridine rings is 2. The summed E-state index contributed by atoms with van der Waals surface area (Å²) in [6.45, 7) is 2.83. The first-order valence-corrected chi connectivity index (χ1v) is 8.76. The Balaban J connectivity index is 1.64. The molecule has 2 amide bonds. The Kier molecular flexibility index (Phi) is 3.92. The van der Waals surface area contributed by atoms with Crippen molar-refractivity contribution in [3.63, 3.8) is 0 Å². The molecule has 1 aliphatic carbocycles. The molecule has 124 valence electrons. The number of amides is 2. The van der Waals surface area contributed by atoms with Gasteiger partial charge < -0.3 is 4.90 Å². The van der Waals surface area contributed by atoms with Crippen molar-refractivity contribution in [2.45, 2.75) is 44.7 Å². The number of carbonyl (C=O) groups is 1. The average Bonchev–Trinajstić information content (AvgIpc) is 2.94. The summed E-state index contributed by atoms with van der Waals surface area (Å²) in [4.78, 5) is 25.5. The van der Waals surface area contributed by atoms with E-state index in [4.69, 9.17) is 0 Å². The van der Waals surface area contributed by atoms with Gasteiger partial charge in [-0.2, -0.15) is 0 Å². The van der Waals surface area contributed by atoms with E-state index >= 15 is 0 Å². The third kappa shape index (κ3) is 2.44. The second kappa shape index (κ2) is 6.23. The highest BCUT2D eigenvalue weighted by Gasteiger charge is 2.46. The van der Waals surface area contributed by atoms with Gasteiger partial charge in [0.25, 0.3) is 0 Å². The molecule has 1 saturated heterocycles. The minimum absolute atomic E-state index is 0.107. The molecule has 24 heavy (non-hydrogen) atoms. The summed E-state index contributed by atoms with van der Waals surface area (Å²) in [5, 5.41) is 0. The van der Waals surface area contributed by atoms with Crippen molar-refractivity contribution in [2.24, 2.45) is 0 Å². The van der Waals surface area contributed by atoms with E-state index in [1.54, 1.807) is 6.20 Å². The molecule has 2 fully saturated rings. The van der Waals surface area contributed by atoms with Crippen LogP contribution in [0.2, 0.25) is 0 Å². The van der Waals surface area contributed by atoms with Crippen molar-refractivity contribution in [3.05, 3.63) is 42.9 Å². The number of aromatic nitrogens is 2. The van der Waals surface area contributed by atoms with Crippen LogP contribution in [0.5, 0.6) is 0 Å². The van der Waals surface area contributed by atoms with Gasteiger partial charge in [-0.1, -0.05) is 18.9 Å². The van der Waals surface area contributed by atoms with E-state index in [1.807, 2.05) is 46.5 Å². The van der Waals surface area contributed by atoms with E-state index in [-0.39, 0.29) is 12.1 Å². The molecule has 2 atom stereocenters. The zero-order valence-corrected chi connectivity index (χ0v) is 13.9. The number of hydrogen-bond donors (Lipinski definition) is 0. The minimum Gasteiger partial charge on any atom is -0.320 e. The maximum Gasteiger partial charge on any atom is 0.326 e. The summed E-state index contributed by atoms with van der Waals surface area (Å²) >= 11 is 0. The lowest BCUT2D eigenvalue weighted by Gasteiger charge is -2.31. The van der Waals surface area contributed by atoms with Crippen molar-refractivity contribution < 1.29 is 4.79 Å². The predicted molar refractivity (Wildman–Crippen MR) is 93.8 cm³/mol. The van der Waals surface area contributed by atoms with Crippen LogP contribution in [0.25, 0.3) is 11.1 Å². The van der Waals surface area contributed by atoms with Crippen LogP contribution in [0, 0.1) is 0 Å². The SMILES string of the molecule is CCN1C(=O)N(c2ccc(-c3cccnc3)cn2)C2CCCCC21. The van der Waals surface area contributed by atoms with Crippen LogP contribution in [-0.2, 0) is 0 Å². The summed E-state index contributed by atoms with van der Waals surface area (Å²) < 4.78 is 0. The second-order valence-electron chi connectivity index (χ2n) is 6.50. The zero-order chi connectivity index (χ0) is 16.5. The first-order valence-electron chi connectivity index (χ1n) is 8.76. The van der Waals surface area contributed by atoms with E-state index in [0.717, 1.165) is 36.3 Å². The topological polar surface area (TPSA) is 49.3 Å². The maximum absolute atomic E-state index is 12.9. The van der Waals surface area contributed by atoms with E-state index in [1.165, 1.54) is 12.8 Å². The number of rotatable bonds is 3. The number of hydrogen-bond acceptors (Lipinski definition) is 3. The van der Waals surface area contributed by atoms with E-state index < -0.39 is 0 Å². The molecule has 4 rings (SSSR count). The summed E-state index contributed by atoms with van der Waals surface area (Å²) in [6, 6.07) is 8.64. The van der Waals surface area contributed by atoms with Crippen LogP contribution in [0.4, 0.5) is 10.6 Å². The van der Waals surface area contributed by atoms with Crippen LogP contribution in [0.15, 0.2) is 42.9 Å². The lowest BCUT2D eigenvalue weighted by molar-refractivity contribution is 0.195. The number of carbonyl (C=O) groups excluding carboxylic acids is 1. The first kappa shape index (κ1) is 15.1. The summed E-state index contributed by atoms with van der Waals surface area (Å²) in [5.74, 6) is 0.764. The van der Waals surface area contributed by atoms with Crippen molar-refractivity contribution >= 4 is 11.8 Å². The predicted octanol–water partition coefficient (Wildman–Crippen LogP) is 3.72. The van der Waals surface area contributed by atoms with E-state index in [0.29, 0.717) is 6.04 Å². The average molecular weight is 322 g/mol. The van der Waals surface area contributed by atoms with Crippen molar-refractivity contribution in [2.75, 3.05) is 11.4 Å². The number of fused-ring (bicyclic) bond motifs is 1. The zero-order valence-electron chi connectivity index (χ0n) is 13.9. The van der Waals surface area contributed by atoms with Gasteiger partial charge in [0.15, 0.2) is 0 Å². The summed E-state index contributed by atoms with van der Waals surface area (Å²) in [5.41, 5.74) is 2.06. The monoisotopic (exact) mass is 322 g/mol. The summed E-state index contributed by atoms with van der Waals surface area (Å²) in [7, 11) is 0. The van der Waals surface area contributed by atoms with E-state index in [2.05, 4.69) is 16.9 Å². The van der Waals surface area contributed by atoms with Crippen LogP contribution in [0.3, 0.4) is 0 Å². The molecule has 2 aromatic rings. The van der Waals surface area contributed by atoms with Gasteiger partial charge >= 0.3 is 6.03 Å². The normalized spacial score (nSPS) is 23.5. The highest BCUT2D eigenvalue weighted by Crippen LogP contribution is 2.36. The molecule has 5 nitrogen and oxygen atoms in total. The van der Waals surface area contributed by atoms with Gasteiger partial charge in [-0.3, -0.25) is 9.88 Å². The Bertz CT molecular complexity index is 716. The smallest absolute Gasteiger partial charge is 0.320 e. The Labute approximate surface area is 142 Å². The molecule has 2 unspecified atom stereocenters. The van der Waals surface area contributed by atoms with Crippen LogP contribution < -0.4 is 4.90 Å². The third-order valence-electron chi connectivity index (χ3n) is 5.21. The highest BCUT2D eigenvalue weighted by atomic mass is 16.2. The molecular formula is C19H22N4O. The van der Waals surface area contributed by atoms with Crippen molar-refractivity contribution in [1.29, 1.82) is 0 Å². The fourth-order valence-electron chi connectivity index (χ4n) is 4.05. The number of anilines is 1. The molecule has 1 aliphatic heterocycles. The number of likely N-dealkylation sites (N-methyl/N-ethyl adjacent to an activating group) is 1. The second-order valence-corrected chi connectivity index (χ2v) is 6.50. The van der Waals surface area contributed by atoms with Gasteiger partial charge in [-0.25, -0.2) is 9.78 Å². The van der Waals surface area contributed by atoms with Gasteiger partial charge in [0.2, 0.25) is 0 Å². The van der Waals surface area contributed by atoms with Gasteiger partial charge in [-0.15, -0.1) is 0 Å². The Morgan fingerprint density at radius 1 is 1.08 bits per heavy atom. The molecular weight excluding hydrogens is 300 g/mol. The lowest BCUT2D eigenvalue weighted by Crippen LogP contribution is -2.40. The molecule has 3 heterocycles. The van der Waals surface area contributed by atoms with Crippen LogP contribution in [-0.4, -0.2) is 39.5 Å². The molecule has 2 aromatic heterocycles. The number of nitrogens with zero attached hydrogens (tertiary/aromatic N) is 4. The molecule has 0 aromatic carbocycles. The molecule has 2 aliphatic rings. The first-order chi connectivity index (χ1) is 11.8. The molecule has 0 spiro atoms. The third-order valence-corrected chi connectivity index (χ3v) is 5.21. The van der Waals surface area contributed by atoms with Crippen molar-refractivity contribution in [1.82, 2.24) is 14.9 Å². The fraction of sp³-hybridized carbons (Fsp3) is 0.421. The fourth-order valence-corrected chi connectivity index (χ4v) is 4.05. The quantitative estimate of drug-likeness (QED) is 0.865.